The third-order valence-electron chi connectivity index (χ3n) is 3.33. The summed E-state index contributed by atoms with van der Waals surface area (Å²) in [5.74, 6) is -0.0142. The fourth-order valence-electron chi connectivity index (χ4n) is 2.18. The topological polar surface area (TPSA) is 54.9 Å². The van der Waals surface area contributed by atoms with Crippen molar-refractivity contribution in [2.75, 3.05) is 11.6 Å². The number of carbonyl (C=O) groups excluding carboxylic acids is 1. The fourth-order valence-corrected chi connectivity index (χ4v) is 3.02. The van der Waals surface area contributed by atoms with Crippen LogP contribution in [0.25, 0.3) is 0 Å². The molecule has 0 atom stereocenters. The van der Waals surface area contributed by atoms with Crippen molar-refractivity contribution >= 4 is 39.3 Å². The lowest BCUT2D eigenvalue weighted by Gasteiger charge is -2.11. The molecule has 6 heteroatoms. The van der Waals surface area contributed by atoms with E-state index < -0.39 is 0 Å². The van der Waals surface area contributed by atoms with Crippen molar-refractivity contribution in [2.45, 2.75) is 31.8 Å². The molecule has 1 N–H and O–H groups in total. The standard InChI is InChI=1S/C16H18BrN3OS/c1-10-12(11(2)19-16(18-10)22-3)8-9-15(21)20-14-7-5-4-6-13(14)17/h4-7H,8-9H2,1-3H3,(H,20,21). The molecule has 0 fully saturated rings. The van der Waals surface area contributed by atoms with Crippen LogP contribution in [0.2, 0.25) is 0 Å². The Bertz CT molecular complexity index is 668. The van der Waals surface area contributed by atoms with Crippen LogP contribution in [0.15, 0.2) is 33.9 Å². The van der Waals surface area contributed by atoms with Gasteiger partial charge in [0.25, 0.3) is 0 Å². The summed E-state index contributed by atoms with van der Waals surface area (Å²) < 4.78 is 0.878. The first-order valence-corrected chi connectivity index (χ1v) is 8.95. The van der Waals surface area contributed by atoms with Crippen LogP contribution in [0, 0.1) is 13.8 Å². The largest absolute Gasteiger partial charge is 0.325 e. The number of aryl methyl sites for hydroxylation is 2. The smallest absolute Gasteiger partial charge is 0.224 e. The number of aromatic nitrogens is 2. The normalized spacial score (nSPS) is 10.5. The molecule has 0 saturated carbocycles. The first kappa shape index (κ1) is 17.0. The van der Waals surface area contributed by atoms with E-state index in [2.05, 4.69) is 31.2 Å². The van der Waals surface area contributed by atoms with Crippen molar-refractivity contribution in [2.24, 2.45) is 0 Å². The second-order valence-corrected chi connectivity index (χ2v) is 6.52. The average molecular weight is 380 g/mol. The maximum Gasteiger partial charge on any atom is 0.224 e. The number of hydrogen-bond acceptors (Lipinski definition) is 4. The van der Waals surface area contributed by atoms with Crippen LogP contribution in [-0.4, -0.2) is 22.1 Å². The van der Waals surface area contributed by atoms with E-state index in [4.69, 9.17) is 0 Å². The first-order chi connectivity index (χ1) is 10.5. The number of para-hydroxylation sites is 1. The van der Waals surface area contributed by atoms with E-state index in [0.29, 0.717) is 12.8 Å². The summed E-state index contributed by atoms with van der Waals surface area (Å²) in [7, 11) is 0. The van der Waals surface area contributed by atoms with Crippen LogP contribution >= 0.6 is 27.7 Å². The number of thioether (sulfide) groups is 1. The zero-order chi connectivity index (χ0) is 16.1. The molecule has 0 saturated heterocycles. The maximum absolute atomic E-state index is 12.1. The maximum atomic E-state index is 12.1. The zero-order valence-electron chi connectivity index (χ0n) is 12.8. The van der Waals surface area contributed by atoms with Crippen molar-refractivity contribution in [1.29, 1.82) is 0 Å². The molecule has 0 bridgehead atoms. The third kappa shape index (κ3) is 4.30. The second kappa shape index (κ2) is 7.74. The van der Waals surface area contributed by atoms with Gasteiger partial charge in [0.1, 0.15) is 0 Å². The van der Waals surface area contributed by atoms with Crippen LogP contribution in [0.4, 0.5) is 5.69 Å². The van der Waals surface area contributed by atoms with Crippen LogP contribution in [0.1, 0.15) is 23.4 Å². The number of halogens is 1. The van der Waals surface area contributed by atoms with Crippen LogP contribution in [0.5, 0.6) is 0 Å². The molecule has 0 aliphatic rings. The molecule has 116 valence electrons. The highest BCUT2D eigenvalue weighted by Gasteiger charge is 2.11. The number of nitrogens with zero attached hydrogens (tertiary/aromatic N) is 2. The number of amides is 1. The number of rotatable bonds is 5. The van der Waals surface area contributed by atoms with Crippen LogP contribution in [-0.2, 0) is 11.2 Å². The van der Waals surface area contributed by atoms with Gasteiger partial charge in [-0.15, -0.1) is 0 Å². The van der Waals surface area contributed by atoms with Crippen LogP contribution < -0.4 is 5.32 Å². The minimum absolute atomic E-state index is 0.0142. The predicted octanol–water partition coefficient (Wildman–Crippen LogP) is 4.15. The van der Waals surface area contributed by atoms with E-state index in [1.165, 1.54) is 11.8 Å². The van der Waals surface area contributed by atoms with Crippen molar-refractivity contribution in [3.05, 3.63) is 45.7 Å². The molecule has 1 aromatic carbocycles. The molecule has 0 radical (unpaired) electrons. The van der Waals surface area contributed by atoms with E-state index in [1.807, 2.05) is 44.4 Å². The summed E-state index contributed by atoms with van der Waals surface area (Å²) in [6.07, 6.45) is 3.01. The molecule has 0 unspecified atom stereocenters. The summed E-state index contributed by atoms with van der Waals surface area (Å²) in [5, 5.41) is 3.69. The number of nitrogens with one attached hydrogen (secondary N) is 1. The summed E-state index contributed by atoms with van der Waals surface area (Å²) in [6.45, 7) is 3.94. The SMILES string of the molecule is CSc1nc(C)c(CCC(=O)Nc2ccccc2Br)c(C)n1. The summed E-state index contributed by atoms with van der Waals surface area (Å²) >= 11 is 4.95. The first-order valence-electron chi connectivity index (χ1n) is 6.93. The second-order valence-electron chi connectivity index (χ2n) is 4.89. The van der Waals surface area contributed by atoms with Gasteiger partial charge >= 0.3 is 0 Å². The lowest BCUT2D eigenvalue weighted by atomic mass is 10.1. The molecule has 22 heavy (non-hydrogen) atoms. The molecule has 0 aliphatic carbocycles. The third-order valence-corrected chi connectivity index (χ3v) is 4.57. The molecular formula is C16H18BrN3OS. The Kier molecular flexibility index (Phi) is 5.97. The van der Waals surface area contributed by atoms with Crippen LogP contribution in [0.3, 0.4) is 0 Å². The Morgan fingerprint density at radius 3 is 2.45 bits per heavy atom. The fraction of sp³-hybridized carbons (Fsp3) is 0.312. The Hall–Kier alpha value is -1.40. The quantitative estimate of drug-likeness (QED) is 0.626. The molecule has 1 amide bonds. The van der Waals surface area contributed by atoms with Crippen molar-refractivity contribution in [3.8, 4) is 0 Å². The number of carbonyl (C=O) groups is 1. The highest BCUT2D eigenvalue weighted by molar-refractivity contribution is 9.10. The van der Waals surface area contributed by atoms with E-state index >= 15 is 0 Å². The lowest BCUT2D eigenvalue weighted by molar-refractivity contribution is -0.116. The van der Waals surface area contributed by atoms with E-state index in [0.717, 1.165) is 32.3 Å². The molecule has 4 nitrogen and oxygen atoms in total. The van der Waals surface area contributed by atoms with Crippen molar-refractivity contribution in [3.63, 3.8) is 0 Å². The Morgan fingerprint density at radius 2 is 1.86 bits per heavy atom. The number of anilines is 1. The summed E-state index contributed by atoms with van der Waals surface area (Å²) in [5.41, 5.74) is 3.74. The van der Waals surface area contributed by atoms with Crippen molar-refractivity contribution < 1.29 is 4.79 Å². The molecule has 0 spiro atoms. The minimum atomic E-state index is -0.0142. The monoisotopic (exact) mass is 379 g/mol. The van der Waals surface area contributed by atoms with E-state index in [9.17, 15) is 4.79 Å². The number of hydrogen-bond donors (Lipinski definition) is 1. The van der Waals surface area contributed by atoms with Gasteiger partial charge in [-0.25, -0.2) is 9.97 Å². The highest BCUT2D eigenvalue weighted by atomic mass is 79.9. The van der Waals surface area contributed by atoms with Gasteiger partial charge in [-0.3, -0.25) is 4.79 Å². The van der Waals surface area contributed by atoms with E-state index in [-0.39, 0.29) is 5.91 Å². The van der Waals surface area contributed by atoms with E-state index in [1.54, 1.807) is 0 Å². The van der Waals surface area contributed by atoms with Gasteiger partial charge in [-0.2, -0.15) is 0 Å². The minimum Gasteiger partial charge on any atom is -0.325 e. The van der Waals surface area contributed by atoms with Gasteiger partial charge in [-0.05, 0) is 60.2 Å². The predicted molar refractivity (Wildman–Crippen MR) is 94.4 cm³/mol. The lowest BCUT2D eigenvalue weighted by Crippen LogP contribution is -2.14. The molecule has 0 aliphatic heterocycles. The summed E-state index contributed by atoms with van der Waals surface area (Å²) in [6, 6.07) is 7.58. The highest BCUT2D eigenvalue weighted by Crippen LogP contribution is 2.22. The Balaban J connectivity index is 2.01. The van der Waals surface area contributed by atoms with Gasteiger partial charge in [0.05, 0.1) is 5.69 Å². The molecule has 1 aromatic heterocycles. The Labute approximate surface area is 143 Å². The molecule has 1 heterocycles. The van der Waals surface area contributed by atoms with Gasteiger partial charge < -0.3 is 5.32 Å². The molecule has 2 rings (SSSR count). The molecular weight excluding hydrogens is 362 g/mol. The number of benzene rings is 1. The van der Waals surface area contributed by atoms with Gasteiger partial charge in [0.15, 0.2) is 5.16 Å². The molecule has 2 aromatic rings. The van der Waals surface area contributed by atoms with Gasteiger partial charge in [0, 0.05) is 22.3 Å². The van der Waals surface area contributed by atoms with Gasteiger partial charge in [0.2, 0.25) is 5.91 Å². The van der Waals surface area contributed by atoms with Gasteiger partial charge in [-0.1, -0.05) is 23.9 Å². The average Bonchev–Trinajstić information content (AvgIpc) is 2.48. The zero-order valence-corrected chi connectivity index (χ0v) is 15.2. The van der Waals surface area contributed by atoms with Crippen molar-refractivity contribution in [1.82, 2.24) is 9.97 Å². The summed E-state index contributed by atoms with van der Waals surface area (Å²) in [4.78, 5) is 21.0. The Morgan fingerprint density at radius 1 is 1.23 bits per heavy atom.